The van der Waals surface area contributed by atoms with E-state index >= 15 is 0 Å². The molecule has 27 heavy (non-hydrogen) atoms. The van der Waals surface area contributed by atoms with E-state index in [1.165, 1.54) is 35.9 Å². The quantitative estimate of drug-likeness (QED) is 0.742. The van der Waals surface area contributed by atoms with Crippen molar-refractivity contribution in [3.63, 3.8) is 0 Å². The number of hydrogen-bond donors (Lipinski definition) is 1. The summed E-state index contributed by atoms with van der Waals surface area (Å²) in [4.78, 5) is 29.1. The molecule has 0 aliphatic carbocycles. The van der Waals surface area contributed by atoms with Gasteiger partial charge in [0.1, 0.15) is 11.2 Å². The number of halogens is 2. The van der Waals surface area contributed by atoms with Gasteiger partial charge in [-0.25, -0.2) is 4.98 Å². The first-order valence-electron chi connectivity index (χ1n) is 7.81. The summed E-state index contributed by atoms with van der Waals surface area (Å²) in [5.41, 5.74) is 0.654. The van der Waals surface area contributed by atoms with Gasteiger partial charge < -0.3 is 14.8 Å². The number of fused-ring (bicyclic) bond motifs is 1. The number of pyridine rings is 1. The number of nitrogens with one attached hydrogen (secondary N) is 1. The van der Waals surface area contributed by atoms with Crippen LogP contribution in [0, 0.1) is 6.92 Å². The number of nitrogens with zero attached hydrogens (tertiary/aromatic N) is 2. The Morgan fingerprint density at radius 3 is 2.70 bits per heavy atom. The SMILES string of the molecule is COc1ccc(NC(=O)c2cnc3ccc(C)cn3c2=O)cc1OC(F)F. The van der Waals surface area contributed by atoms with E-state index in [-0.39, 0.29) is 22.7 Å². The highest BCUT2D eigenvalue weighted by Crippen LogP contribution is 2.31. The zero-order valence-corrected chi connectivity index (χ0v) is 14.4. The van der Waals surface area contributed by atoms with Crippen LogP contribution in [-0.2, 0) is 0 Å². The molecule has 3 aromatic rings. The summed E-state index contributed by atoms with van der Waals surface area (Å²) in [6, 6.07) is 7.44. The van der Waals surface area contributed by atoms with Crippen LogP contribution >= 0.6 is 0 Å². The van der Waals surface area contributed by atoms with Crippen molar-refractivity contribution in [1.29, 1.82) is 0 Å². The number of hydrogen-bond acceptors (Lipinski definition) is 5. The number of alkyl halides is 2. The molecular weight excluding hydrogens is 360 g/mol. The summed E-state index contributed by atoms with van der Waals surface area (Å²) in [6.45, 7) is -1.25. The molecule has 0 aliphatic rings. The fourth-order valence-corrected chi connectivity index (χ4v) is 2.48. The Morgan fingerprint density at radius 1 is 1.22 bits per heavy atom. The fraction of sp³-hybridized carbons (Fsp3) is 0.167. The van der Waals surface area contributed by atoms with Crippen LogP contribution in [0.15, 0.2) is 47.5 Å². The minimum absolute atomic E-state index is 0.0798. The predicted molar refractivity (Wildman–Crippen MR) is 93.8 cm³/mol. The summed E-state index contributed by atoms with van der Waals surface area (Å²) in [5, 5.41) is 2.47. The third kappa shape index (κ3) is 3.86. The van der Waals surface area contributed by atoms with Crippen LogP contribution in [0.25, 0.3) is 5.65 Å². The topological polar surface area (TPSA) is 81.9 Å². The first-order valence-corrected chi connectivity index (χ1v) is 7.81. The molecule has 0 bridgehead atoms. The van der Waals surface area contributed by atoms with Crippen molar-refractivity contribution >= 4 is 17.2 Å². The van der Waals surface area contributed by atoms with Gasteiger partial charge in [0.25, 0.3) is 11.5 Å². The number of aryl methyl sites for hydroxylation is 1. The van der Waals surface area contributed by atoms with Crippen LogP contribution in [0.4, 0.5) is 14.5 Å². The zero-order valence-electron chi connectivity index (χ0n) is 14.4. The zero-order chi connectivity index (χ0) is 19.6. The average molecular weight is 375 g/mol. The second kappa shape index (κ2) is 7.40. The third-order valence-corrected chi connectivity index (χ3v) is 3.73. The first-order chi connectivity index (χ1) is 12.9. The Morgan fingerprint density at radius 2 is 2.00 bits per heavy atom. The molecule has 1 aromatic carbocycles. The summed E-state index contributed by atoms with van der Waals surface area (Å²) in [6.07, 6.45) is 2.74. The summed E-state index contributed by atoms with van der Waals surface area (Å²) in [7, 11) is 1.30. The minimum Gasteiger partial charge on any atom is -0.493 e. The highest BCUT2D eigenvalue weighted by molar-refractivity contribution is 6.04. The van der Waals surface area contributed by atoms with Gasteiger partial charge >= 0.3 is 6.61 Å². The second-order valence-corrected chi connectivity index (χ2v) is 5.61. The van der Waals surface area contributed by atoms with E-state index < -0.39 is 18.1 Å². The van der Waals surface area contributed by atoms with Crippen molar-refractivity contribution in [2.45, 2.75) is 13.5 Å². The van der Waals surface area contributed by atoms with Gasteiger partial charge in [0, 0.05) is 24.1 Å². The van der Waals surface area contributed by atoms with Gasteiger partial charge in [0.15, 0.2) is 11.5 Å². The lowest BCUT2D eigenvalue weighted by molar-refractivity contribution is -0.0511. The normalized spacial score (nSPS) is 10.9. The maximum absolute atomic E-state index is 12.5. The number of carbonyl (C=O) groups is 1. The lowest BCUT2D eigenvalue weighted by Crippen LogP contribution is -2.26. The Balaban J connectivity index is 1.92. The molecule has 0 fully saturated rings. The molecule has 140 valence electrons. The van der Waals surface area contributed by atoms with Crippen molar-refractivity contribution in [2.75, 3.05) is 12.4 Å². The molecule has 2 aromatic heterocycles. The maximum Gasteiger partial charge on any atom is 0.387 e. The highest BCUT2D eigenvalue weighted by atomic mass is 19.3. The average Bonchev–Trinajstić information content (AvgIpc) is 2.62. The number of anilines is 1. The van der Waals surface area contributed by atoms with Gasteiger partial charge in [-0.05, 0) is 30.7 Å². The van der Waals surface area contributed by atoms with E-state index in [1.54, 1.807) is 25.3 Å². The number of rotatable bonds is 5. The van der Waals surface area contributed by atoms with Gasteiger partial charge in [-0.3, -0.25) is 14.0 Å². The van der Waals surface area contributed by atoms with Gasteiger partial charge in [0.2, 0.25) is 0 Å². The third-order valence-electron chi connectivity index (χ3n) is 3.73. The molecule has 9 heteroatoms. The molecule has 0 spiro atoms. The molecule has 0 atom stereocenters. The number of methoxy groups -OCH3 is 1. The highest BCUT2D eigenvalue weighted by Gasteiger charge is 2.16. The first kappa shape index (κ1) is 18.3. The second-order valence-electron chi connectivity index (χ2n) is 5.61. The maximum atomic E-state index is 12.5. The van der Waals surface area contributed by atoms with Crippen molar-refractivity contribution in [3.8, 4) is 11.5 Å². The molecule has 0 radical (unpaired) electrons. The standard InChI is InChI=1S/C18H15F2N3O4/c1-10-3-6-15-21-8-12(17(25)23(15)9-10)16(24)22-11-4-5-13(26-2)14(7-11)27-18(19)20/h3-9,18H,1-2H3,(H,22,24). The molecule has 7 nitrogen and oxygen atoms in total. The fourth-order valence-electron chi connectivity index (χ4n) is 2.48. The van der Waals surface area contributed by atoms with Crippen LogP contribution in [0.1, 0.15) is 15.9 Å². The number of aromatic nitrogens is 2. The molecular formula is C18H15F2N3O4. The van der Waals surface area contributed by atoms with Crippen molar-refractivity contribution < 1.29 is 23.0 Å². The van der Waals surface area contributed by atoms with E-state index in [9.17, 15) is 18.4 Å². The van der Waals surface area contributed by atoms with Gasteiger partial charge in [-0.1, -0.05) is 6.07 Å². The number of carbonyl (C=O) groups excluding carboxylic acids is 1. The van der Waals surface area contributed by atoms with Crippen LogP contribution < -0.4 is 20.3 Å². The van der Waals surface area contributed by atoms with E-state index in [4.69, 9.17) is 4.74 Å². The molecule has 3 rings (SSSR count). The Hall–Kier alpha value is -3.49. The molecule has 0 saturated carbocycles. The monoisotopic (exact) mass is 375 g/mol. The number of ether oxygens (including phenoxy) is 2. The van der Waals surface area contributed by atoms with Crippen LogP contribution in [0.5, 0.6) is 11.5 Å². The summed E-state index contributed by atoms with van der Waals surface area (Å²) >= 11 is 0. The molecule has 0 unspecified atom stereocenters. The van der Waals surface area contributed by atoms with Crippen LogP contribution in [0.2, 0.25) is 0 Å². The van der Waals surface area contributed by atoms with E-state index in [1.807, 2.05) is 0 Å². The largest absolute Gasteiger partial charge is 0.493 e. The van der Waals surface area contributed by atoms with E-state index in [0.29, 0.717) is 5.65 Å². The van der Waals surface area contributed by atoms with Crippen molar-refractivity contribution in [2.24, 2.45) is 0 Å². The Labute approximate surface area is 152 Å². The molecule has 0 saturated heterocycles. The molecule has 1 N–H and O–H groups in total. The lowest BCUT2D eigenvalue weighted by atomic mass is 10.2. The smallest absolute Gasteiger partial charge is 0.387 e. The van der Waals surface area contributed by atoms with E-state index in [0.717, 1.165) is 5.56 Å². The summed E-state index contributed by atoms with van der Waals surface area (Å²) in [5.74, 6) is -0.887. The summed E-state index contributed by atoms with van der Waals surface area (Å²) < 4.78 is 35.6. The molecule has 1 amide bonds. The number of benzene rings is 1. The Kier molecular flexibility index (Phi) is 5.02. The Bertz CT molecular complexity index is 1070. The predicted octanol–water partition coefficient (Wildman–Crippen LogP) is 2.87. The minimum atomic E-state index is -3.05. The van der Waals surface area contributed by atoms with Crippen LogP contribution in [0.3, 0.4) is 0 Å². The lowest BCUT2D eigenvalue weighted by Gasteiger charge is -2.12. The van der Waals surface area contributed by atoms with Gasteiger partial charge in [-0.15, -0.1) is 0 Å². The van der Waals surface area contributed by atoms with Gasteiger partial charge in [0.05, 0.1) is 7.11 Å². The van der Waals surface area contributed by atoms with E-state index in [2.05, 4.69) is 15.0 Å². The van der Waals surface area contributed by atoms with Crippen molar-refractivity contribution in [1.82, 2.24) is 9.38 Å². The van der Waals surface area contributed by atoms with Crippen LogP contribution in [-0.4, -0.2) is 29.0 Å². The van der Waals surface area contributed by atoms with Crippen molar-refractivity contribution in [3.05, 3.63) is 64.2 Å². The molecule has 0 aliphatic heterocycles. The number of amides is 1. The molecule has 2 heterocycles. The van der Waals surface area contributed by atoms with Gasteiger partial charge in [-0.2, -0.15) is 8.78 Å².